The van der Waals surface area contributed by atoms with Crippen molar-refractivity contribution in [3.8, 4) is 5.75 Å². The normalized spacial score (nSPS) is 11.4. The molecule has 0 aliphatic heterocycles. The third-order valence-corrected chi connectivity index (χ3v) is 3.40. The van der Waals surface area contributed by atoms with Crippen LogP contribution in [0.4, 0.5) is 5.69 Å². The van der Waals surface area contributed by atoms with Crippen LogP contribution in [0.15, 0.2) is 18.2 Å². The Labute approximate surface area is 105 Å². The first kappa shape index (κ1) is 14.1. The zero-order valence-electron chi connectivity index (χ0n) is 9.31. The van der Waals surface area contributed by atoms with Gasteiger partial charge in [0.1, 0.15) is 5.75 Å². The smallest absolute Gasteiger partial charge is 0.235 e. The fourth-order valence-electron chi connectivity index (χ4n) is 1.12. The van der Waals surface area contributed by atoms with Crippen molar-refractivity contribution in [1.29, 1.82) is 0 Å². The van der Waals surface area contributed by atoms with Gasteiger partial charge in [-0.15, -0.1) is 0 Å². The predicted octanol–water partition coefficient (Wildman–Crippen LogP) is 1.82. The van der Waals surface area contributed by atoms with E-state index < -0.39 is 10.0 Å². The van der Waals surface area contributed by atoms with Gasteiger partial charge in [-0.25, -0.2) is 8.42 Å². The van der Waals surface area contributed by atoms with Crippen molar-refractivity contribution in [2.24, 2.45) is 0 Å². The van der Waals surface area contributed by atoms with Crippen LogP contribution in [0.1, 0.15) is 6.92 Å². The molecule has 0 aromatic heterocycles. The molecule has 0 spiro atoms. The molecule has 0 radical (unpaired) electrons. The lowest BCUT2D eigenvalue weighted by molar-refractivity contribution is 0.163. The number of phenols is 1. The average molecular weight is 280 g/mol. The summed E-state index contributed by atoms with van der Waals surface area (Å²) in [5.74, 6) is -0.374. The Bertz CT molecular complexity index is 475. The molecule has 96 valence electrons. The third kappa shape index (κ3) is 4.80. The first-order valence-electron chi connectivity index (χ1n) is 5.01. The molecule has 1 aromatic rings. The van der Waals surface area contributed by atoms with Crippen LogP contribution in [-0.2, 0) is 14.8 Å². The highest BCUT2D eigenvalue weighted by Crippen LogP contribution is 2.27. The summed E-state index contributed by atoms with van der Waals surface area (Å²) in [4.78, 5) is 0. The van der Waals surface area contributed by atoms with Gasteiger partial charge in [-0.05, 0) is 19.1 Å². The molecule has 0 atom stereocenters. The van der Waals surface area contributed by atoms with E-state index in [-0.39, 0.29) is 23.8 Å². The Hall–Kier alpha value is -0.980. The van der Waals surface area contributed by atoms with Gasteiger partial charge in [-0.2, -0.15) is 0 Å². The van der Waals surface area contributed by atoms with Gasteiger partial charge in [0.2, 0.25) is 10.0 Å². The number of phenolic OH excluding ortho intramolecular Hbond substituents is 1. The Morgan fingerprint density at radius 3 is 2.76 bits per heavy atom. The Morgan fingerprint density at radius 2 is 2.18 bits per heavy atom. The minimum absolute atomic E-state index is 0.103. The van der Waals surface area contributed by atoms with Crippen molar-refractivity contribution < 1.29 is 18.3 Å². The number of nitrogens with one attached hydrogen (secondary N) is 1. The largest absolute Gasteiger partial charge is 0.506 e. The zero-order chi connectivity index (χ0) is 12.9. The SMILES string of the molecule is CCOCCS(=O)(=O)Nc1ccc(Cl)cc1O. The predicted molar refractivity (Wildman–Crippen MR) is 67.0 cm³/mol. The van der Waals surface area contributed by atoms with E-state index in [0.29, 0.717) is 11.6 Å². The topological polar surface area (TPSA) is 75.6 Å². The molecular weight excluding hydrogens is 266 g/mol. The average Bonchev–Trinajstić information content (AvgIpc) is 2.22. The molecular formula is C10H14ClNO4S. The lowest BCUT2D eigenvalue weighted by atomic mass is 10.3. The molecule has 0 unspecified atom stereocenters. The summed E-state index contributed by atoms with van der Waals surface area (Å²) in [5, 5.41) is 9.82. The Balaban J connectivity index is 2.69. The van der Waals surface area contributed by atoms with E-state index >= 15 is 0 Å². The highest BCUT2D eigenvalue weighted by molar-refractivity contribution is 7.92. The van der Waals surface area contributed by atoms with Gasteiger partial charge in [0.05, 0.1) is 18.0 Å². The monoisotopic (exact) mass is 279 g/mol. The molecule has 0 heterocycles. The van der Waals surface area contributed by atoms with Gasteiger partial charge in [0, 0.05) is 17.7 Å². The van der Waals surface area contributed by atoms with Gasteiger partial charge in [-0.1, -0.05) is 11.6 Å². The van der Waals surface area contributed by atoms with E-state index in [0.717, 1.165) is 0 Å². The molecule has 0 saturated heterocycles. The number of anilines is 1. The van der Waals surface area contributed by atoms with Gasteiger partial charge >= 0.3 is 0 Å². The molecule has 5 nitrogen and oxygen atoms in total. The van der Waals surface area contributed by atoms with Gasteiger partial charge in [0.25, 0.3) is 0 Å². The van der Waals surface area contributed by atoms with Crippen LogP contribution in [0.3, 0.4) is 0 Å². The van der Waals surface area contributed by atoms with Crippen LogP contribution in [0.5, 0.6) is 5.75 Å². The van der Waals surface area contributed by atoms with Crippen molar-refractivity contribution in [1.82, 2.24) is 0 Å². The summed E-state index contributed by atoms with van der Waals surface area (Å²) in [7, 11) is -3.52. The summed E-state index contributed by atoms with van der Waals surface area (Å²) in [6.45, 7) is 2.35. The quantitative estimate of drug-likeness (QED) is 0.615. The summed E-state index contributed by atoms with van der Waals surface area (Å²) in [6.07, 6.45) is 0. The van der Waals surface area contributed by atoms with E-state index in [1.54, 1.807) is 6.92 Å². The second kappa shape index (κ2) is 6.09. The number of halogens is 1. The summed E-state index contributed by atoms with van der Waals surface area (Å²) < 4.78 is 30.4. The van der Waals surface area contributed by atoms with Crippen LogP contribution in [0, 0.1) is 0 Å². The van der Waals surface area contributed by atoms with E-state index in [4.69, 9.17) is 16.3 Å². The lowest BCUT2D eigenvalue weighted by Gasteiger charge is -2.09. The lowest BCUT2D eigenvalue weighted by Crippen LogP contribution is -2.20. The minimum atomic E-state index is -3.52. The maximum absolute atomic E-state index is 11.6. The number of aromatic hydroxyl groups is 1. The first-order valence-corrected chi connectivity index (χ1v) is 7.04. The highest BCUT2D eigenvalue weighted by atomic mass is 35.5. The molecule has 0 aliphatic carbocycles. The Kier molecular flexibility index (Phi) is 5.04. The fourth-order valence-corrected chi connectivity index (χ4v) is 2.24. The van der Waals surface area contributed by atoms with Crippen molar-refractivity contribution in [3.05, 3.63) is 23.2 Å². The van der Waals surface area contributed by atoms with Crippen LogP contribution in [-0.4, -0.2) is 32.5 Å². The number of ether oxygens (including phenoxy) is 1. The number of sulfonamides is 1. The molecule has 2 N–H and O–H groups in total. The zero-order valence-corrected chi connectivity index (χ0v) is 10.9. The van der Waals surface area contributed by atoms with Crippen LogP contribution in [0.25, 0.3) is 0 Å². The number of hydrogen-bond acceptors (Lipinski definition) is 4. The van der Waals surface area contributed by atoms with Gasteiger partial charge in [-0.3, -0.25) is 4.72 Å². The number of hydrogen-bond donors (Lipinski definition) is 2. The molecule has 0 aliphatic rings. The summed E-state index contributed by atoms with van der Waals surface area (Å²) in [6, 6.07) is 4.15. The number of rotatable bonds is 6. The van der Waals surface area contributed by atoms with Crippen LogP contribution in [0.2, 0.25) is 5.02 Å². The van der Waals surface area contributed by atoms with Gasteiger partial charge in [0.15, 0.2) is 0 Å². The fraction of sp³-hybridized carbons (Fsp3) is 0.400. The molecule has 0 amide bonds. The minimum Gasteiger partial charge on any atom is -0.506 e. The second-order valence-corrected chi connectivity index (χ2v) is 5.56. The standard InChI is InChI=1S/C10H14ClNO4S/c1-2-16-5-6-17(14,15)12-9-4-3-8(11)7-10(9)13/h3-4,7,12-13H,2,5-6H2,1H3. The van der Waals surface area contributed by atoms with Crippen molar-refractivity contribution >= 4 is 27.3 Å². The van der Waals surface area contributed by atoms with Gasteiger partial charge < -0.3 is 9.84 Å². The van der Waals surface area contributed by atoms with Crippen molar-refractivity contribution in [2.75, 3.05) is 23.7 Å². The molecule has 1 aromatic carbocycles. The van der Waals surface area contributed by atoms with E-state index in [1.165, 1.54) is 18.2 Å². The molecule has 0 fully saturated rings. The van der Waals surface area contributed by atoms with Crippen LogP contribution >= 0.6 is 11.6 Å². The third-order valence-electron chi connectivity index (χ3n) is 1.93. The molecule has 1 rings (SSSR count). The maximum atomic E-state index is 11.6. The van der Waals surface area contributed by atoms with E-state index in [2.05, 4.69) is 4.72 Å². The summed E-state index contributed by atoms with van der Waals surface area (Å²) in [5.41, 5.74) is 0.103. The van der Waals surface area contributed by atoms with E-state index in [9.17, 15) is 13.5 Å². The number of benzene rings is 1. The first-order chi connectivity index (χ1) is 7.94. The van der Waals surface area contributed by atoms with Crippen molar-refractivity contribution in [3.63, 3.8) is 0 Å². The summed E-state index contributed by atoms with van der Waals surface area (Å²) >= 11 is 5.63. The molecule has 7 heteroatoms. The maximum Gasteiger partial charge on any atom is 0.235 e. The highest BCUT2D eigenvalue weighted by Gasteiger charge is 2.12. The molecule has 17 heavy (non-hydrogen) atoms. The molecule has 0 bridgehead atoms. The van der Waals surface area contributed by atoms with Crippen LogP contribution < -0.4 is 4.72 Å². The van der Waals surface area contributed by atoms with E-state index in [1.807, 2.05) is 0 Å². The second-order valence-electron chi connectivity index (χ2n) is 3.28. The van der Waals surface area contributed by atoms with Crippen molar-refractivity contribution in [2.45, 2.75) is 6.92 Å². The molecule has 0 saturated carbocycles. The Morgan fingerprint density at radius 1 is 1.47 bits per heavy atom.